The van der Waals surface area contributed by atoms with Crippen molar-refractivity contribution in [1.82, 2.24) is 9.97 Å². The van der Waals surface area contributed by atoms with Gasteiger partial charge in [-0.2, -0.15) is 4.98 Å². The molecule has 0 aliphatic rings. The van der Waals surface area contributed by atoms with E-state index in [1.807, 2.05) is 0 Å². The molecule has 3 rings (SSSR count). The van der Waals surface area contributed by atoms with E-state index in [0.717, 1.165) is 6.07 Å². The van der Waals surface area contributed by atoms with Crippen molar-refractivity contribution in [3.63, 3.8) is 0 Å². The second-order valence-corrected chi connectivity index (χ2v) is 7.70. The lowest BCUT2D eigenvalue weighted by Crippen LogP contribution is -2.15. The summed E-state index contributed by atoms with van der Waals surface area (Å²) >= 11 is 8.95. The number of halogens is 3. The molecule has 0 saturated carbocycles. The first-order valence-electron chi connectivity index (χ1n) is 6.51. The number of hydrogen-bond donors (Lipinski definition) is 2. The molecule has 126 valence electrons. The summed E-state index contributed by atoms with van der Waals surface area (Å²) in [5, 5.41) is 0.892. The number of nitrogens with one attached hydrogen (secondary N) is 2. The van der Waals surface area contributed by atoms with Gasteiger partial charge in [-0.1, -0.05) is 11.6 Å². The molecule has 6 nitrogen and oxygen atoms in total. The number of aromatic amines is 1. The van der Waals surface area contributed by atoms with Gasteiger partial charge in [0, 0.05) is 22.1 Å². The Morgan fingerprint density at radius 1 is 1.38 bits per heavy atom. The van der Waals surface area contributed by atoms with Crippen molar-refractivity contribution in [3.05, 3.63) is 45.8 Å². The number of benzene rings is 1. The fourth-order valence-electron chi connectivity index (χ4n) is 2.14. The van der Waals surface area contributed by atoms with Crippen LogP contribution < -0.4 is 9.46 Å². The Labute approximate surface area is 150 Å². The van der Waals surface area contributed by atoms with E-state index in [1.165, 1.54) is 13.3 Å². The van der Waals surface area contributed by atoms with Gasteiger partial charge in [-0.3, -0.25) is 4.72 Å². The Kier molecular flexibility index (Phi) is 4.41. The lowest BCUT2D eigenvalue weighted by Gasteiger charge is -2.10. The maximum Gasteiger partial charge on any atom is 0.265 e. The van der Waals surface area contributed by atoms with Crippen molar-refractivity contribution in [1.29, 1.82) is 0 Å². The van der Waals surface area contributed by atoms with Gasteiger partial charge in [0.1, 0.15) is 4.90 Å². The van der Waals surface area contributed by atoms with Gasteiger partial charge in [-0.15, -0.1) is 0 Å². The molecule has 0 bridgehead atoms. The molecule has 0 atom stereocenters. The van der Waals surface area contributed by atoms with Gasteiger partial charge in [-0.25, -0.2) is 12.8 Å². The number of pyridine rings is 1. The quantitative estimate of drug-likeness (QED) is 0.652. The second-order valence-electron chi connectivity index (χ2n) is 4.76. The van der Waals surface area contributed by atoms with Crippen LogP contribution in [-0.2, 0) is 10.0 Å². The van der Waals surface area contributed by atoms with Crippen LogP contribution in [0.2, 0.25) is 5.02 Å². The average molecular weight is 435 g/mol. The van der Waals surface area contributed by atoms with Crippen LogP contribution in [0.5, 0.6) is 5.88 Å². The Bertz CT molecular complexity index is 1040. The van der Waals surface area contributed by atoms with E-state index in [-0.39, 0.29) is 15.2 Å². The zero-order chi connectivity index (χ0) is 17.5. The van der Waals surface area contributed by atoms with Crippen LogP contribution in [0.4, 0.5) is 10.2 Å². The van der Waals surface area contributed by atoms with Gasteiger partial charge < -0.3 is 9.72 Å². The molecule has 0 aliphatic carbocycles. The highest BCUT2D eigenvalue weighted by molar-refractivity contribution is 9.10. The molecule has 2 heterocycles. The minimum absolute atomic E-state index is 0.0442. The molecule has 0 fully saturated rings. The maximum atomic E-state index is 14.0. The molecule has 0 aliphatic heterocycles. The van der Waals surface area contributed by atoms with Crippen LogP contribution in [-0.4, -0.2) is 25.5 Å². The van der Waals surface area contributed by atoms with Gasteiger partial charge in [-0.05, 0) is 40.2 Å². The summed E-state index contributed by atoms with van der Waals surface area (Å²) in [5.41, 5.74) is 0.546. The largest absolute Gasteiger partial charge is 0.480 e. The smallest absolute Gasteiger partial charge is 0.265 e. The molecule has 24 heavy (non-hydrogen) atoms. The van der Waals surface area contributed by atoms with E-state index in [1.54, 1.807) is 18.2 Å². The monoisotopic (exact) mass is 433 g/mol. The van der Waals surface area contributed by atoms with Gasteiger partial charge >= 0.3 is 0 Å². The van der Waals surface area contributed by atoms with E-state index >= 15 is 0 Å². The first-order valence-corrected chi connectivity index (χ1v) is 9.16. The van der Waals surface area contributed by atoms with Gasteiger partial charge in [0.2, 0.25) is 5.88 Å². The summed E-state index contributed by atoms with van der Waals surface area (Å²) in [6.45, 7) is 0. The number of ether oxygens (including phenoxy) is 1. The summed E-state index contributed by atoms with van der Waals surface area (Å²) in [7, 11) is -2.73. The molecule has 3 aromatic rings. The van der Waals surface area contributed by atoms with Crippen LogP contribution in [0.1, 0.15) is 0 Å². The van der Waals surface area contributed by atoms with E-state index in [0.29, 0.717) is 15.9 Å². The average Bonchev–Trinajstić information content (AvgIpc) is 2.93. The number of nitrogens with zero attached hydrogens (tertiary/aromatic N) is 1. The molecule has 0 amide bonds. The minimum atomic E-state index is -4.07. The normalized spacial score (nSPS) is 11.7. The molecule has 0 unspecified atom stereocenters. The number of H-pyrrole nitrogens is 1. The van der Waals surface area contributed by atoms with Gasteiger partial charge in [0.05, 0.1) is 11.6 Å². The predicted octanol–water partition coefficient (Wildman–Crippen LogP) is 3.93. The third kappa shape index (κ3) is 3.06. The summed E-state index contributed by atoms with van der Waals surface area (Å²) in [5.74, 6) is -1.24. The van der Waals surface area contributed by atoms with Crippen LogP contribution in [0.25, 0.3) is 10.9 Å². The highest BCUT2D eigenvalue weighted by atomic mass is 79.9. The molecule has 10 heteroatoms. The van der Waals surface area contributed by atoms with Crippen molar-refractivity contribution in [2.75, 3.05) is 11.8 Å². The molecule has 2 N–H and O–H groups in total. The Morgan fingerprint density at radius 3 is 2.83 bits per heavy atom. The van der Waals surface area contributed by atoms with Crippen molar-refractivity contribution < 1.29 is 17.5 Å². The Hall–Kier alpha value is -1.84. The SMILES string of the molecule is COc1nc(NS(=O)(=O)c2c[nH]c3cc(Cl)ccc23)c(F)cc1Br. The molecule has 1 aromatic carbocycles. The van der Waals surface area contributed by atoms with Gasteiger partial charge in [0.15, 0.2) is 11.6 Å². The fraction of sp³-hybridized carbons (Fsp3) is 0.0714. The topological polar surface area (TPSA) is 84.1 Å². The second kappa shape index (κ2) is 6.23. The lowest BCUT2D eigenvalue weighted by atomic mass is 10.2. The summed E-state index contributed by atoms with van der Waals surface area (Å²) in [4.78, 5) is 6.59. The first-order chi connectivity index (χ1) is 11.3. The molecular weight excluding hydrogens is 425 g/mol. The first kappa shape index (κ1) is 17.0. The standard InChI is InChI=1S/C14H10BrClFN3O3S/c1-23-14-9(15)5-10(17)13(19-14)20-24(21,22)12-6-18-11-4-7(16)2-3-8(11)12/h2-6,18H,1H3,(H,19,20). The maximum absolute atomic E-state index is 14.0. The number of fused-ring (bicyclic) bond motifs is 1. The summed E-state index contributed by atoms with van der Waals surface area (Å²) in [6, 6.07) is 5.79. The Balaban J connectivity index is 2.05. The molecule has 0 spiro atoms. The fourth-order valence-corrected chi connectivity index (χ4v) is 3.95. The molecule has 0 radical (unpaired) electrons. The van der Waals surface area contributed by atoms with Crippen molar-refractivity contribution >= 4 is 54.3 Å². The highest BCUT2D eigenvalue weighted by Crippen LogP contribution is 2.30. The number of methoxy groups -OCH3 is 1. The molecular formula is C14H10BrClFN3O3S. The molecule has 0 saturated heterocycles. The summed E-state index contributed by atoms with van der Waals surface area (Å²) < 4.78 is 46.5. The zero-order valence-corrected chi connectivity index (χ0v) is 15.3. The van der Waals surface area contributed by atoms with Crippen molar-refractivity contribution in [2.24, 2.45) is 0 Å². The minimum Gasteiger partial charge on any atom is -0.480 e. The van der Waals surface area contributed by atoms with Crippen molar-refractivity contribution in [2.45, 2.75) is 4.90 Å². The van der Waals surface area contributed by atoms with E-state index < -0.39 is 21.7 Å². The number of hydrogen-bond acceptors (Lipinski definition) is 4. The van der Waals surface area contributed by atoms with E-state index in [4.69, 9.17) is 16.3 Å². The third-order valence-corrected chi connectivity index (χ3v) is 5.40. The Morgan fingerprint density at radius 2 is 2.12 bits per heavy atom. The van der Waals surface area contributed by atoms with E-state index in [2.05, 4.69) is 30.6 Å². The highest BCUT2D eigenvalue weighted by Gasteiger charge is 2.22. The van der Waals surface area contributed by atoms with Crippen LogP contribution in [0, 0.1) is 5.82 Å². The van der Waals surface area contributed by atoms with E-state index in [9.17, 15) is 12.8 Å². The number of anilines is 1. The van der Waals surface area contributed by atoms with Crippen LogP contribution >= 0.6 is 27.5 Å². The summed E-state index contributed by atoms with van der Waals surface area (Å²) in [6.07, 6.45) is 1.30. The molecule has 2 aromatic heterocycles. The number of rotatable bonds is 4. The predicted molar refractivity (Wildman–Crippen MR) is 92.6 cm³/mol. The van der Waals surface area contributed by atoms with Gasteiger partial charge in [0.25, 0.3) is 10.0 Å². The van der Waals surface area contributed by atoms with Crippen LogP contribution in [0.15, 0.2) is 39.8 Å². The number of aromatic nitrogens is 2. The van der Waals surface area contributed by atoms with Crippen LogP contribution in [0.3, 0.4) is 0 Å². The third-order valence-electron chi connectivity index (χ3n) is 3.22. The lowest BCUT2D eigenvalue weighted by molar-refractivity contribution is 0.394. The zero-order valence-electron chi connectivity index (χ0n) is 12.1. The number of sulfonamides is 1. The van der Waals surface area contributed by atoms with Crippen molar-refractivity contribution in [3.8, 4) is 5.88 Å².